The van der Waals surface area contributed by atoms with Gasteiger partial charge in [0.05, 0.1) is 17.7 Å². The van der Waals surface area contributed by atoms with E-state index in [1.807, 2.05) is 6.07 Å². The van der Waals surface area contributed by atoms with Gasteiger partial charge >= 0.3 is 0 Å². The van der Waals surface area contributed by atoms with Crippen LogP contribution in [0.2, 0.25) is 0 Å². The van der Waals surface area contributed by atoms with Gasteiger partial charge in [-0.2, -0.15) is 5.26 Å². The van der Waals surface area contributed by atoms with Crippen molar-refractivity contribution in [2.24, 2.45) is 0 Å². The summed E-state index contributed by atoms with van der Waals surface area (Å²) in [6, 6.07) is 8.59. The first-order valence-electron chi connectivity index (χ1n) is 6.24. The van der Waals surface area contributed by atoms with Gasteiger partial charge in [0, 0.05) is 12.4 Å². The Morgan fingerprint density at radius 3 is 2.48 bits per heavy atom. The highest BCUT2D eigenvalue weighted by Crippen LogP contribution is 2.12. The molecule has 2 aromatic heterocycles. The molecule has 106 valence electrons. The minimum Gasteiger partial charge on any atom is -0.325 e. The number of aromatic nitrogens is 2. The molecule has 2 heterocycles. The van der Waals surface area contributed by atoms with Gasteiger partial charge in [-0.15, -0.1) is 0 Å². The molecule has 0 saturated heterocycles. The van der Waals surface area contributed by atoms with Gasteiger partial charge in [-0.3, -0.25) is 9.63 Å². The van der Waals surface area contributed by atoms with Crippen LogP contribution in [0, 0.1) is 11.3 Å². The van der Waals surface area contributed by atoms with E-state index in [-0.39, 0.29) is 5.91 Å². The van der Waals surface area contributed by atoms with Crippen LogP contribution >= 0.6 is 0 Å². The van der Waals surface area contributed by atoms with E-state index in [1.54, 1.807) is 31.2 Å². The van der Waals surface area contributed by atoms with Crippen molar-refractivity contribution in [3.8, 4) is 6.07 Å². The highest BCUT2D eigenvalue weighted by Gasteiger charge is 2.06. The molecule has 0 unspecified atom stereocenters. The lowest BCUT2D eigenvalue weighted by Gasteiger charge is -2.06. The maximum absolute atomic E-state index is 11.6. The topological polar surface area (TPSA) is 99.9 Å². The monoisotopic (exact) mass is 283 g/mol. The molecule has 0 spiro atoms. The summed E-state index contributed by atoms with van der Waals surface area (Å²) >= 11 is 0. The van der Waals surface area contributed by atoms with Crippen LogP contribution in [0.4, 0.5) is 11.6 Å². The van der Waals surface area contributed by atoms with Crippen molar-refractivity contribution < 1.29 is 9.63 Å². The molecular formula is C14H13N5O2. The summed E-state index contributed by atoms with van der Waals surface area (Å²) in [5.41, 5.74) is 3.16. The lowest BCUT2D eigenvalue weighted by molar-refractivity contribution is 0.0364. The molecule has 2 N–H and O–H groups in total. The summed E-state index contributed by atoms with van der Waals surface area (Å²) in [5.74, 6) is 0.751. The van der Waals surface area contributed by atoms with E-state index < -0.39 is 0 Å². The molecule has 0 radical (unpaired) electrons. The summed E-state index contributed by atoms with van der Waals surface area (Å²) in [7, 11) is 0. The zero-order valence-corrected chi connectivity index (χ0v) is 11.3. The predicted molar refractivity (Wildman–Crippen MR) is 75.6 cm³/mol. The minimum atomic E-state index is -0.354. The average Bonchev–Trinajstić information content (AvgIpc) is 2.54. The zero-order valence-electron chi connectivity index (χ0n) is 11.3. The van der Waals surface area contributed by atoms with Gasteiger partial charge in [-0.25, -0.2) is 15.4 Å². The molecule has 0 bridgehead atoms. The number of carbonyl (C=O) groups excluding carboxylic acids is 1. The van der Waals surface area contributed by atoms with Crippen LogP contribution in [0.15, 0.2) is 36.7 Å². The largest absolute Gasteiger partial charge is 0.325 e. The first kappa shape index (κ1) is 14.4. The second kappa shape index (κ2) is 6.98. The second-order valence-corrected chi connectivity index (χ2v) is 3.97. The standard InChI is InChI=1S/C14H13N5O2/c1-2-21-19-14(20)11-4-6-13(17-9-11)18-12-5-3-10(7-15)8-16-12/h3-6,8-9H,2H2,1H3,(H,19,20)(H,16,17,18). The zero-order chi connectivity index (χ0) is 15.1. The molecule has 2 rings (SSSR count). The van der Waals surface area contributed by atoms with Gasteiger partial charge in [0.2, 0.25) is 0 Å². The fourth-order valence-corrected chi connectivity index (χ4v) is 1.46. The predicted octanol–water partition coefficient (Wildman–Crippen LogP) is 1.77. The molecule has 0 fully saturated rings. The molecule has 7 heteroatoms. The van der Waals surface area contributed by atoms with Crippen molar-refractivity contribution in [3.05, 3.63) is 47.8 Å². The van der Waals surface area contributed by atoms with Gasteiger partial charge in [-0.1, -0.05) is 0 Å². The Morgan fingerprint density at radius 2 is 1.95 bits per heavy atom. The number of amides is 1. The van der Waals surface area contributed by atoms with Crippen molar-refractivity contribution in [3.63, 3.8) is 0 Å². The molecule has 21 heavy (non-hydrogen) atoms. The Labute approximate surface area is 121 Å². The number of carbonyl (C=O) groups is 1. The Hall–Kier alpha value is -2.98. The first-order valence-corrected chi connectivity index (χ1v) is 6.24. The molecule has 2 aromatic rings. The molecule has 0 aromatic carbocycles. The van der Waals surface area contributed by atoms with Crippen LogP contribution < -0.4 is 10.8 Å². The van der Waals surface area contributed by atoms with E-state index in [2.05, 4.69) is 20.8 Å². The molecule has 7 nitrogen and oxygen atoms in total. The van der Waals surface area contributed by atoms with E-state index >= 15 is 0 Å². The van der Waals surface area contributed by atoms with Crippen LogP contribution in [-0.2, 0) is 4.84 Å². The molecular weight excluding hydrogens is 270 g/mol. The Kier molecular flexibility index (Phi) is 4.79. The summed E-state index contributed by atoms with van der Waals surface area (Å²) in [6.45, 7) is 2.17. The van der Waals surface area contributed by atoms with Gasteiger partial charge < -0.3 is 5.32 Å². The summed E-state index contributed by atoms with van der Waals surface area (Å²) in [4.78, 5) is 24.6. The van der Waals surface area contributed by atoms with Crippen molar-refractivity contribution in [1.29, 1.82) is 5.26 Å². The van der Waals surface area contributed by atoms with Crippen LogP contribution in [-0.4, -0.2) is 22.5 Å². The van der Waals surface area contributed by atoms with E-state index in [0.29, 0.717) is 29.4 Å². The van der Waals surface area contributed by atoms with E-state index in [9.17, 15) is 4.79 Å². The van der Waals surface area contributed by atoms with Crippen LogP contribution in [0.5, 0.6) is 0 Å². The summed E-state index contributed by atoms with van der Waals surface area (Å²) < 4.78 is 0. The van der Waals surface area contributed by atoms with Crippen molar-refractivity contribution in [1.82, 2.24) is 15.4 Å². The van der Waals surface area contributed by atoms with Gasteiger partial charge in [0.15, 0.2) is 0 Å². The number of rotatable bonds is 5. The van der Waals surface area contributed by atoms with Gasteiger partial charge in [0.1, 0.15) is 17.7 Å². The first-order chi connectivity index (χ1) is 10.2. The quantitative estimate of drug-likeness (QED) is 0.811. The highest BCUT2D eigenvalue weighted by atomic mass is 16.6. The second-order valence-electron chi connectivity index (χ2n) is 3.97. The Bertz CT molecular complexity index is 647. The lowest BCUT2D eigenvalue weighted by Crippen LogP contribution is -2.23. The minimum absolute atomic E-state index is 0.354. The van der Waals surface area contributed by atoms with Crippen molar-refractivity contribution in [2.75, 3.05) is 11.9 Å². The fraction of sp³-hybridized carbons (Fsp3) is 0.143. The Morgan fingerprint density at radius 1 is 1.24 bits per heavy atom. The number of pyridine rings is 2. The summed E-state index contributed by atoms with van der Waals surface area (Å²) in [6.07, 6.45) is 2.90. The van der Waals surface area contributed by atoms with E-state index in [0.717, 1.165) is 0 Å². The van der Waals surface area contributed by atoms with Crippen molar-refractivity contribution in [2.45, 2.75) is 6.92 Å². The maximum atomic E-state index is 11.6. The number of hydrogen-bond donors (Lipinski definition) is 2. The average molecular weight is 283 g/mol. The molecule has 0 saturated carbocycles. The van der Waals surface area contributed by atoms with E-state index in [4.69, 9.17) is 10.1 Å². The number of hydroxylamine groups is 1. The maximum Gasteiger partial charge on any atom is 0.276 e. The molecule has 0 aliphatic carbocycles. The molecule has 1 amide bonds. The van der Waals surface area contributed by atoms with Crippen molar-refractivity contribution >= 4 is 17.5 Å². The van der Waals surface area contributed by atoms with Gasteiger partial charge in [-0.05, 0) is 31.2 Å². The highest BCUT2D eigenvalue weighted by molar-refractivity contribution is 5.93. The number of nitrogens with zero attached hydrogens (tertiary/aromatic N) is 3. The van der Waals surface area contributed by atoms with Gasteiger partial charge in [0.25, 0.3) is 5.91 Å². The van der Waals surface area contributed by atoms with E-state index in [1.165, 1.54) is 12.4 Å². The number of nitrogens with one attached hydrogen (secondary N) is 2. The van der Waals surface area contributed by atoms with Crippen LogP contribution in [0.3, 0.4) is 0 Å². The third-order valence-electron chi connectivity index (χ3n) is 2.48. The lowest BCUT2D eigenvalue weighted by atomic mass is 10.2. The number of anilines is 2. The SMILES string of the molecule is CCONC(=O)c1ccc(Nc2ccc(C#N)cn2)nc1. The third kappa shape index (κ3) is 3.99. The Balaban J connectivity index is 2.01. The number of hydrogen-bond acceptors (Lipinski definition) is 6. The van der Waals surface area contributed by atoms with Crippen LogP contribution in [0.1, 0.15) is 22.8 Å². The molecule has 0 aliphatic heterocycles. The summed E-state index contributed by atoms with van der Waals surface area (Å²) in [5, 5.41) is 11.7. The number of nitriles is 1. The third-order valence-corrected chi connectivity index (χ3v) is 2.48. The van der Waals surface area contributed by atoms with Crippen LogP contribution in [0.25, 0.3) is 0 Å². The fourth-order valence-electron chi connectivity index (χ4n) is 1.46. The molecule has 0 atom stereocenters. The smallest absolute Gasteiger partial charge is 0.276 e. The normalized spacial score (nSPS) is 9.71. The molecule has 0 aliphatic rings.